The van der Waals surface area contributed by atoms with Gasteiger partial charge in [-0.05, 0) is 24.6 Å². The summed E-state index contributed by atoms with van der Waals surface area (Å²) < 4.78 is 0. The van der Waals surface area contributed by atoms with Gasteiger partial charge >= 0.3 is 0 Å². The third-order valence-electron chi connectivity index (χ3n) is 2.31. The quantitative estimate of drug-likeness (QED) is 0.829. The summed E-state index contributed by atoms with van der Waals surface area (Å²) in [5.41, 5.74) is 1.97. The maximum Gasteiger partial charge on any atom is 0.0637 e. The molecular weight excluding hydrogens is 210 g/mol. The van der Waals surface area contributed by atoms with Crippen LogP contribution in [0.5, 0.6) is 0 Å². The van der Waals surface area contributed by atoms with Gasteiger partial charge in [0.2, 0.25) is 0 Å². The largest absolute Gasteiger partial charge is 0.396 e. The highest BCUT2D eigenvalue weighted by atomic mass is 35.5. The lowest BCUT2D eigenvalue weighted by Gasteiger charge is -2.23. The first-order valence-electron chi connectivity index (χ1n) is 5.05. The number of hydrogen-bond acceptors (Lipinski definition) is 2. The lowest BCUT2D eigenvalue weighted by molar-refractivity contribution is 0.171. The Morgan fingerprint density at radius 1 is 1.40 bits per heavy atom. The predicted octanol–water partition coefficient (Wildman–Crippen LogP) is 3.08. The van der Waals surface area contributed by atoms with E-state index < -0.39 is 0 Å². The number of rotatable bonds is 4. The predicted molar refractivity (Wildman–Crippen MR) is 65.5 cm³/mol. The molecular formula is C12H18ClNO. The highest BCUT2D eigenvalue weighted by Gasteiger charge is 2.16. The van der Waals surface area contributed by atoms with Gasteiger partial charge in [0, 0.05) is 18.6 Å². The van der Waals surface area contributed by atoms with E-state index in [-0.39, 0.29) is 12.0 Å². The first-order chi connectivity index (χ1) is 6.94. The molecule has 15 heavy (non-hydrogen) atoms. The number of aliphatic hydroxyl groups excluding tert-OH is 1. The monoisotopic (exact) mass is 227 g/mol. The number of aliphatic hydroxyl groups is 1. The molecule has 0 saturated heterocycles. The lowest BCUT2D eigenvalue weighted by Crippen LogP contribution is -2.26. The Morgan fingerprint density at radius 3 is 2.67 bits per heavy atom. The van der Waals surface area contributed by atoms with Gasteiger partial charge in [0.15, 0.2) is 0 Å². The highest BCUT2D eigenvalue weighted by Crippen LogP contribution is 2.24. The zero-order chi connectivity index (χ0) is 11.5. The topological polar surface area (TPSA) is 32.3 Å². The number of halogens is 1. The fourth-order valence-corrected chi connectivity index (χ4v) is 1.35. The van der Waals surface area contributed by atoms with Crippen molar-refractivity contribution < 1.29 is 5.11 Å². The molecule has 0 atom stereocenters. The summed E-state index contributed by atoms with van der Waals surface area (Å²) in [5.74, 6) is 0. The van der Waals surface area contributed by atoms with E-state index in [4.69, 9.17) is 16.7 Å². The van der Waals surface area contributed by atoms with Gasteiger partial charge in [0.1, 0.15) is 0 Å². The van der Waals surface area contributed by atoms with Crippen LogP contribution >= 0.6 is 11.6 Å². The Hall–Kier alpha value is -0.730. The van der Waals surface area contributed by atoms with Crippen LogP contribution in [-0.2, 0) is 0 Å². The SMILES string of the molecule is Cc1ccc(Cl)c(NCC(C)(C)CO)c1. The molecule has 0 spiro atoms. The second kappa shape index (κ2) is 4.86. The van der Waals surface area contributed by atoms with Gasteiger partial charge < -0.3 is 10.4 Å². The van der Waals surface area contributed by atoms with Gasteiger partial charge in [-0.3, -0.25) is 0 Å². The van der Waals surface area contributed by atoms with E-state index in [9.17, 15) is 0 Å². The highest BCUT2D eigenvalue weighted by molar-refractivity contribution is 6.33. The molecule has 0 unspecified atom stereocenters. The minimum atomic E-state index is -0.132. The molecule has 2 N–H and O–H groups in total. The molecule has 0 amide bonds. The molecule has 3 heteroatoms. The van der Waals surface area contributed by atoms with Crippen molar-refractivity contribution in [2.75, 3.05) is 18.5 Å². The van der Waals surface area contributed by atoms with Crippen molar-refractivity contribution in [3.63, 3.8) is 0 Å². The summed E-state index contributed by atoms with van der Waals surface area (Å²) in [5, 5.41) is 13.1. The van der Waals surface area contributed by atoms with Crippen molar-refractivity contribution in [2.45, 2.75) is 20.8 Å². The van der Waals surface area contributed by atoms with Crippen molar-refractivity contribution in [1.82, 2.24) is 0 Å². The summed E-state index contributed by atoms with van der Waals surface area (Å²) in [4.78, 5) is 0. The van der Waals surface area contributed by atoms with Crippen LogP contribution in [0.2, 0.25) is 5.02 Å². The molecule has 0 saturated carbocycles. The Bertz CT molecular complexity index is 336. The Labute approximate surface area is 96.3 Å². The molecule has 0 aliphatic rings. The van der Waals surface area contributed by atoms with E-state index in [1.165, 1.54) is 5.56 Å². The second-order valence-corrected chi connectivity index (χ2v) is 5.07. The van der Waals surface area contributed by atoms with Gasteiger partial charge in [-0.25, -0.2) is 0 Å². The van der Waals surface area contributed by atoms with E-state index in [1.54, 1.807) is 0 Å². The molecule has 1 aromatic carbocycles. The van der Waals surface area contributed by atoms with Gasteiger partial charge in [-0.2, -0.15) is 0 Å². The molecule has 0 aromatic heterocycles. The molecule has 1 rings (SSSR count). The smallest absolute Gasteiger partial charge is 0.0637 e. The third-order valence-corrected chi connectivity index (χ3v) is 2.64. The number of anilines is 1. The third kappa shape index (κ3) is 3.73. The summed E-state index contributed by atoms with van der Waals surface area (Å²) in [7, 11) is 0. The van der Waals surface area contributed by atoms with E-state index in [1.807, 2.05) is 39.0 Å². The number of benzene rings is 1. The Kier molecular flexibility index (Phi) is 4.00. The fraction of sp³-hybridized carbons (Fsp3) is 0.500. The minimum absolute atomic E-state index is 0.132. The molecule has 0 fully saturated rings. The molecule has 0 aliphatic heterocycles. The van der Waals surface area contributed by atoms with Crippen LogP contribution in [0.25, 0.3) is 0 Å². The summed E-state index contributed by atoms with van der Waals surface area (Å²) in [6.45, 7) is 6.89. The van der Waals surface area contributed by atoms with Crippen molar-refractivity contribution in [2.24, 2.45) is 5.41 Å². The normalized spacial score (nSPS) is 11.5. The van der Waals surface area contributed by atoms with E-state index in [0.717, 1.165) is 5.69 Å². The Morgan fingerprint density at radius 2 is 2.07 bits per heavy atom. The van der Waals surface area contributed by atoms with Crippen molar-refractivity contribution in [3.05, 3.63) is 28.8 Å². The van der Waals surface area contributed by atoms with Gasteiger partial charge in [0.05, 0.1) is 10.7 Å². The van der Waals surface area contributed by atoms with Crippen LogP contribution < -0.4 is 5.32 Å². The van der Waals surface area contributed by atoms with E-state index in [0.29, 0.717) is 11.6 Å². The first kappa shape index (κ1) is 12.3. The Balaban J connectivity index is 2.69. The zero-order valence-electron chi connectivity index (χ0n) is 9.47. The van der Waals surface area contributed by atoms with Gasteiger partial charge in [0.25, 0.3) is 0 Å². The fourth-order valence-electron chi connectivity index (χ4n) is 1.16. The molecule has 0 aliphatic carbocycles. The average Bonchev–Trinajstić information content (AvgIpc) is 2.20. The molecule has 0 bridgehead atoms. The number of hydrogen-bond donors (Lipinski definition) is 2. The van der Waals surface area contributed by atoms with Crippen molar-refractivity contribution in [1.29, 1.82) is 0 Å². The number of aryl methyl sites for hydroxylation is 1. The zero-order valence-corrected chi connectivity index (χ0v) is 10.2. The standard InChI is InChI=1S/C12H18ClNO/c1-9-4-5-10(13)11(6-9)14-7-12(2,3)8-15/h4-6,14-15H,7-8H2,1-3H3. The molecule has 1 aromatic rings. The van der Waals surface area contributed by atoms with E-state index >= 15 is 0 Å². The van der Waals surface area contributed by atoms with Crippen LogP contribution in [0.3, 0.4) is 0 Å². The van der Waals surface area contributed by atoms with Gasteiger partial charge in [-0.1, -0.05) is 31.5 Å². The summed E-state index contributed by atoms with van der Waals surface area (Å²) in [6, 6.07) is 5.87. The molecule has 0 radical (unpaired) electrons. The molecule has 2 nitrogen and oxygen atoms in total. The first-order valence-corrected chi connectivity index (χ1v) is 5.43. The van der Waals surface area contributed by atoms with E-state index in [2.05, 4.69) is 5.32 Å². The van der Waals surface area contributed by atoms with Crippen molar-refractivity contribution in [3.8, 4) is 0 Å². The van der Waals surface area contributed by atoms with Crippen LogP contribution in [-0.4, -0.2) is 18.3 Å². The lowest BCUT2D eigenvalue weighted by atomic mass is 9.95. The van der Waals surface area contributed by atoms with Crippen LogP contribution in [0.1, 0.15) is 19.4 Å². The van der Waals surface area contributed by atoms with Crippen molar-refractivity contribution >= 4 is 17.3 Å². The summed E-state index contributed by atoms with van der Waals surface area (Å²) in [6.07, 6.45) is 0. The van der Waals surface area contributed by atoms with Crippen LogP contribution in [0.4, 0.5) is 5.69 Å². The van der Waals surface area contributed by atoms with Crippen LogP contribution in [0.15, 0.2) is 18.2 Å². The average molecular weight is 228 g/mol. The van der Waals surface area contributed by atoms with Gasteiger partial charge in [-0.15, -0.1) is 0 Å². The maximum atomic E-state index is 9.12. The molecule has 0 heterocycles. The molecule has 84 valence electrons. The minimum Gasteiger partial charge on any atom is -0.396 e. The second-order valence-electron chi connectivity index (χ2n) is 4.66. The number of nitrogens with one attached hydrogen (secondary N) is 1. The van der Waals surface area contributed by atoms with Crippen LogP contribution in [0, 0.1) is 12.3 Å². The maximum absolute atomic E-state index is 9.12. The summed E-state index contributed by atoms with van der Waals surface area (Å²) >= 11 is 6.04.